The number of thiazole rings is 2. The third kappa shape index (κ3) is 3.10. The highest BCUT2D eigenvalue weighted by molar-refractivity contribution is 7.14. The molecule has 0 radical (unpaired) electrons. The summed E-state index contributed by atoms with van der Waals surface area (Å²) in [7, 11) is 1.40. The Morgan fingerprint density at radius 2 is 2.18 bits per heavy atom. The molecule has 90 valence electrons. The number of methoxy groups -OCH3 is 1. The lowest BCUT2D eigenvalue weighted by Crippen LogP contribution is -2.01. The zero-order valence-corrected chi connectivity index (χ0v) is 11.2. The van der Waals surface area contributed by atoms with Gasteiger partial charge in [-0.05, 0) is 6.92 Å². The molecular weight excluding hydrogens is 256 g/mol. The van der Waals surface area contributed by atoms with Crippen LogP contribution in [0.15, 0.2) is 10.8 Å². The van der Waals surface area contributed by atoms with Crippen LogP contribution in [0.25, 0.3) is 10.7 Å². The van der Waals surface area contributed by atoms with E-state index < -0.39 is 0 Å². The Labute approximate surface area is 107 Å². The first kappa shape index (κ1) is 12.2. The first-order valence-corrected chi connectivity index (χ1v) is 6.88. The van der Waals surface area contributed by atoms with Gasteiger partial charge in [-0.1, -0.05) is 0 Å². The molecule has 2 aromatic rings. The van der Waals surface area contributed by atoms with Crippen LogP contribution in [0.2, 0.25) is 0 Å². The van der Waals surface area contributed by atoms with Crippen molar-refractivity contribution in [3.63, 3.8) is 0 Å². The smallest absolute Gasteiger partial charge is 0.305 e. The maximum Gasteiger partial charge on any atom is 0.305 e. The standard InChI is InChI=1S/C11H12N2O2S2/c1-7-12-9(6-16-7)11-13-8(5-17-11)3-4-10(14)15-2/h5-6H,3-4H2,1-2H3. The van der Waals surface area contributed by atoms with E-state index in [1.54, 1.807) is 22.7 Å². The summed E-state index contributed by atoms with van der Waals surface area (Å²) in [5.74, 6) is -0.205. The highest BCUT2D eigenvalue weighted by atomic mass is 32.1. The molecule has 0 saturated heterocycles. The van der Waals surface area contributed by atoms with Gasteiger partial charge in [-0.25, -0.2) is 9.97 Å². The molecule has 0 spiro atoms. The molecule has 0 aliphatic heterocycles. The molecule has 0 saturated carbocycles. The summed E-state index contributed by atoms with van der Waals surface area (Å²) in [5, 5.41) is 5.91. The van der Waals surface area contributed by atoms with Crippen LogP contribution in [0, 0.1) is 6.92 Å². The molecule has 2 rings (SSSR count). The summed E-state index contributed by atoms with van der Waals surface area (Å²) in [6.45, 7) is 1.97. The number of aryl methyl sites for hydroxylation is 2. The average Bonchev–Trinajstić information content (AvgIpc) is 2.94. The lowest BCUT2D eigenvalue weighted by Gasteiger charge is -1.95. The zero-order chi connectivity index (χ0) is 12.3. The van der Waals surface area contributed by atoms with E-state index in [0.717, 1.165) is 21.4 Å². The first-order valence-electron chi connectivity index (χ1n) is 5.13. The van der Waals surface area contributed by atoms with Crippen molar-refractivity contribution in [2.75, 3.05) is 7.11 Å². The molecule has 0 fully saturated rings. The number of esters is 1. The van der Waals surface area contributed by atoms with E-state index in [1.807, 2.05) is 17.7 Å². The van der Waals surface area contributed by atoms with Gasteiger partial charge in [0.2, 0.25) is 0 Å². The fraction of sp³-hybridized carbons (Fsp3) is 0.364. The van der Waals surface area contributed by atoms with Crippen molar-refractivity contribution in [2.45, 2.75) is 19.8 Å². The normalized spacial score (nSPS) is 10.5. The van der Waals surface area contributed by atoms with Gasteiger partial charge in [-0.15, -0.1) is 22.7 Å². The monoisotopic (exact) mass is 268 g/mol. The predicted octanol–water partition coefficient (Wildman–Crippen LogP) is 2.68. The second kappa shape index (κ2) is 5.37. The lowest BCUT2D eigenvalue weighted by molar-refractivity contribution is -0.140. The van der Waals surface area contributed by atoms with Gasteiger partial charge in [0.15, 0.2) is 0 Å². The number of carbonyl (C=O) groups is 1. The highest BCUT2D eigenvalue weighted by Gasteiger charge is 2.09. The summed E-state index contributed by atoms with van der Waals surface area (Å²) < 4.78 is 4.59. The number of aromatic nitrogens is 2. The average molecular weight is 268 g/mol. The van der Waals surface area contributed by atoms with E-state index in [0.29, 0.717) is 12.8 Å². The van der Waals surface area contributed by atoms with Gasteiger partial charge in [-0.3, -0.25) is 4.79 Å². The van der Waals surface area contributed by atoms with Gasteiger partial charge in [0, 0.05) is 17.2 Å². The van der Waals surface area contributed by atoms with Crippen molar-refractivity contribution < 1.29 is 9.53 Å². The maximum absolute atomic E-state index is 11.0. The summed E-state index contributed by atoms with van der Waals surface area (Å²) in [6, 6.07) is 0. The van der Waals surface area contributed by atoms with Crippen LogP contribution in [0.5, 0.6) is 0 Å². The molecule has 17 heavy (non-hydrogen) atoms. The van der Waals surface area contributed by atoms with Crippen molar-refractivity contribution in [1.29, 1.82) is 0 Å². The van der Waals surface area contributed by atoms with Gasteiger partial charge < -0.3 is 4.74 Å². The number of hydrogen-bond acceptors (Lipinski definition) is 6. The van der Waals surface area contributed by atoms with Crippen molar-refractivity contribution in [3.8, 4) is 10.7 Å². The van der Waals surface area contributed by atoms with Crippen molar-refractivity contribution in [3.05, 3.63) is 21.5 Å². The molecule has 2 aromatic heterocycles. The van der Waals surface area contributed by atoms with E-state index in [9.17, 15) is 4.79 Å². The molecule has 0 bridgehead atoms. The van der Waals surface area contributed by atoms with Crippen LogP contribution in [0.3, 0.4) is 0 Å². The molecule has 0 aliphatic rings. The van der Waals surface area contributed by atoms with E-state index in [4.69, 9.17) is 0 Å². The Hall–Kier alpha value is -1.27. The molecule has 2 heterocycles. The van der Waals surface area contributed by atoms with E-state index >= 15 is 0 Å². The second-order valence-electron chi connectivity index (χ2n) is 3.47. The lowest BCUT2D eigenvalue weighted by atomic mass is 10.2. The fourth-order valence-electron chi connectivity index (χ4n) is 1.33. The van der Waals surface area contributed by atoms with Crippen molar-refractivity contribution in [1.82, 2.24) is 9.97 Å². The molecule has 0 aliphatic carbocycles. The van der Waals surface area contributed by atoms with Crippen LogP contribution >= 0.6 is 22.7 Å². The number of ether oxygens (including phenoxy) is 1. The van der Waals surface area contributed by atoms with Gasteiger partial charge in [-0.2, -0.15) is 0 Å². The zero-order valence-electron chi connectivity index (χ0n) is 9.60. The molecule has 0 unspecified atom stereocenters. The highest BCUT2D eigenvalue weighted by Crippen LogP contribution is 2.25. The molecule has 0 amide bonds. The number of carbonyl (C=O) groups excluding carboxylic acids is 1. The summed E-state index contributed by atoms with van der Waals surface area (Å²) in [5.41, 5.74) is 1.84. The maximum atomic E-state index is 11.0. The Morgan fingerprint density at radius 3 is 2.82 bits per heavy atom. The third-order valence-corrected chi connectivity index (χ3v) is 3.89. The fourth-order valence-corrected chi connectivity index (χ4v) is 2.82. The van der Waals surface area contributed by atoms with Gasteiger partial charge in [0.25, 0.3) is 0 Å². The Kier molecular flexibility index (Phi) is 3.86. The van der Waals surface area contributed by atoms with E-state index in [2.05, 4.69) is 14.7 Å². The van der Waals surface area contributed by atoms with Crippen LogP contribution in [0.1, 0.15) is 17.1 Å². The molecule has 0 aromatic carbocycles. The van der Waals surface area contributed by atoms with Gasteiger partial charge >= 0.3 is 5.97 Å². The largest absolute Gasteiger partial charge is 0.469 e. The summed E-state index contributed by atoms with van der Waals surface area (Å²) in [4.78, 5) is 19.8. The minimum Gasteiger partial charge on any atom is -0.469 e. The number of hydrogen-bond donors (Lipinski definition) is 0. The Morgan fingerprint density at radius 1 is 1.35 bits per heavy atom. The van der Waals surface area contributed by atoms with Crippen LogP contribution in [-0.2, 0) is 16.0 Å². The first-order chi connectivity index (χ1) is 8.19. The molecular formula is C11H12N2O2S2. The van der Waals surface area contributed by atoms with Crippen molar-refractivity contribution in [2.24, 2.45) is 0 Å². The van der Waals surface area contributed by atoms with Crippen LogP contribution in [-0.4, -0.2) is 23.0 Å². The van der Waals surface area contributed by atoms with E-state index in [-0.39, 0.29) is 5.97 Å². The van der Waals surface area contributed by atoms with Gasteiger partial charge in [0.05, 0.1) is 24.2 Å². The SMILES string of the molecule is COC(=O)CCc1csc(-c2csc(C)n2)n1. The molecule has 0 atom stereocenters. The Balaban J connectivity index is 2.03. The van der Waals surface area contributed by atoms with Crippen LogP contribution < -0.4 is 0 Å². The number of rotatable bonds is 4. The minimum atomic E-state index is -0.205. The molecule has 6 heteroatoms. The Bertz CT molecular complexity index is 519. The van der Waals surface area contributed by atoms with Crippen molar-refractivity contribution >= 4 is 28.6 Å². The quantitative estimate of drug-likeness (QED) is 0.800. The summed E-state index contributed by atoms with van der Waals surface area (Å²) in [6.07, 6.45) is 0.988. The number of nitrogens with zero attached hydrogens (tertiary/aromatic N) is 2. The predicted molar refractivity (Wildman–Crippen MR) is 68.3 cm³/mol. The van der Waals surface area contributed by atoms with Crippen LogP contribution in [0.4, 0.5) is 0 Å². The molecule has 4 nitrogen and oxygen atoms in total. The van der Waals surface area contributed by atoms with Gasteiger partial charge in [0.1, 0.15) is 10.7 Å². The second-order valence-corrected chi connectivity index (χ2v) is 5.39. The summed E-state index contributed by atoms with van der Waals surface area (Å²) >= 11 is 3.17. The minimum absolute atomic E-state index is 0.205. The molecule has 0 N–H and O–H groups in total. The van der Waals surface area contributed by atoms with E-state index in [1.165, 1.54) is 7.11 Å². The topological polar surface area (TPSA) is 52.1 Å². The third-order valence-electron chi connectivity index (χ3n) is 2.20.